The second-order valence-electron chi connectivity index (χ2n) is 5.15. The van der Waals surface area contributed by atoms with Crippen LogP contribution in [0, 0.1) is 17.2 Å². The molecule has 0 unspecified atom stereocenters. The van der Waals surface area contributed by atoms with Gasteiger partial charge in [0.2, 0.25) is 0 Å². The minimum absolute atomic E-state index is 0.249. The number of piperidine rings is 1. The van der Waals surface area contributed by atoms with Crippen molar-refractivity contribution in [2.45, 2.75) is 32.3 Å². The van der Waals surface area contributed by atoms with Gasteiger partial charge >= 0.3 is 0 Å². The second-order valence-corrected chi connectivity index (χ2v) is 5.15. The van der Waals surface area contributed by atoms with E-state index in [1.807, 2.05) is 19.1 Å². The summed E-state index contributed by atoms with van der Waals surface area (Å²) in [4.78, 5) is 6.47. The van der Waals surface area contributed by atoms with Gasteiger partial charge in [-0.1, -0.05) is 13.0 Å². The van der Waals surface area contributed by atoms with Crippen LogP contribution in [0.15, 0.2) is 18.2 Å². The van der Waals surface area contributed by atoms with Crippen molar-refractivity contribution in [1.82, 2.24) is 4.98 Å². The van der Waals surface area contributed by atoms with Gasteiger partial charge in [0, 0.05) is 19.0 Å². The molecule has 1 N–H and O–H groups in total. The zero-order valence-corrected chi connectivity index (χ0v) is 10.9. The molecule has 1 aromatic heterocycles. The predicted octanol–water partition coefficient (Wildman–Crippen LogP) is 1.94. The smallest absolute Gasteiger partial charge is 0.142 e. The van der Waals surface area contributed by atoms with Crippen LogP contribution in [0.5, 0.6) is 0 Å². The van der Waals surface area contributed by atoms with Crippen molar-refractivity contribution in [3.63, 3.8) is 0 Å². The predicted molar refractivity (Wildman–Crippen MR) is 70.2 cm³/mol. The Morgan fingerprint density at radius 3 is 3.06 bits per heavy atom. The summed E-state index contributed by atoms with van der Waals surface area (Å²) in [6.07, 6.45) is 1.69. The lowest BCUT2D eigenvalue weighted by Crippen LogP contribution is -2.50. The normalized spacial score (nSPS) is 27.9. The molecule has 0 amide bonds. The summed E-state index contributed by atoms with van der Waals surface area (Å²) in [6, 6.07) is 7.55. The van der Waals surface area contributed by atoms with Gasteiger partial charge < -0.3 is 10.0 Å². The highest BCUT2D eigenvalue weighted by atomic mass is 16.3. The lowest BCUT2D eigenvalue weighted by Gasteiger charge is -2.43. The van der Waals surface area contributed by atoms with Crippen LogP contribution in [0.1, 0.15) is 32.4 Å². The van der Waals surface area contributed by atoms with E-state index in [-0.39, 0.29) is 5.92 Å². The van der Waals surface area contributed by atoms with Gasteiger partial charge in [-0.15, -0.1) is 0 Å². The maximum atomic E-state index is 10.3. The van der Waals surface area contributed by atoms with Gasteiger partial charge in [0.1, 0.15) is 17.6 Å². The molecule has 96 valence electrons. The first-order chi connectivity index (χ1) is 8.56. The monoisotopic (exact) mass is 245 g/mol. The number of nitriles is 1. The van der Waals surface area contributed by atoms with E-state index in [0.29, 0.717) is 5.69 Å². The van der Waals surface area contributed by atoms with Gasteiger partial charge in [0.25, 0.3) is 0 Å². The fraction of sp³-hybridized carbons (Fsp3) is 0.571. The van der Waals surface area contributed by atoms with E-state index in [1.54, 1.807) is 6.07 Å². The van der Waals surface area contributed by atoms with Crippen molar-refractivity contribution in [2.75, 3.05) is 18.0 Å². The van der Waals surface area contributed by atoms with Crippen molar-refractivity contribution in [3.05, 3.63) is 23.9 Å². The maximum absolute atomic E-state index is 10.3. The lowest BCUT2D eigenvalue weighted by molar-refractivity contribution is -0.0183. The van der Waals surface area contributed by atoms with Crippen LogP contribution < -0.4 is 4.90 Å². The number of hydrogen-bond acceptors (Lipinski definition) is 4. The molecule has 0 spiro atoms. The topological polar surface area (TPSA) is 60.2 Å². The average molecular weight is 245 g/mol. The lowest BCUT2D eigenvalue weighted by atomic mass is 9.81. The SMILES string of the molecule is CC[C@@H]1CN(c2cccc(C#N)n2)CC[C@]1(C)O. The highest BCUT2D eigenvalue weighted by molar-refractivity contribution is 5.42. The molecule has 4 heteroatoms. The van der Waals surface area contributed by atoms with Gasteiger partial charge in [-0.05, 0) is 31.9 Å². The van der Waals surface area contributed by atoms with Crippen LogP contribution in [0.2, 0.25) is 0 Å². The van der Waals surface area contributed by atoms with Crippen LogP contribution in [0.4, 0.5) is 5.82 Å². The quantitative estimate of drug-likeness (QED) is 0.865. The molecule has 0 saturated carbocycles. The summed E-state index contributed by atoms with van der Waals surface area (Å²) in [7, 11) is 0. The number of hydrogen-bond donors (Lipinski definition) is 1. The molecule has 0 aliphatic carbocycles. The zero-order valence-electron chi connectivity index (χ0n) is 10.9. The number of pyridine rings is 1. The van der Waals surface area contributed by atoms with E-state index in [9.17, 15) is 5.11 Å². The molecule has 18 heavy (non-hydrogen) atoms. The van der Waals surface area contributed by atoms with Crippen molar-refractivity contribution in [3.8, 4) is 6.07 Å². The number of aliphatic hydroxyl groups is 1. The van der Waals surface area contributed by atoms with Gasteiger partial charge in [0.15, 0.2) is 0 Å². The first-order valence-electron chi connectivity index (χ1n) is 6.41. The number of nitrogens with zero attached hydrogens (tertiary/aromatic N) is 3. The molecule has 4 nitrogen and oxygen atoms in total. The molecular weight excluding hydrogens is 226 g/mol. The number of rotatable bonds is 2. The molecule has 1 aromatic rings. The molecule has 2 rings (SSSR count). The van der Waals surface area contributed by atoms with Gasteiger partial charge in [-0.25, -0.2) is 4.98 Å². The fourth-order valence-electron chi connectivity index (χ4n) is 2.56. The summed E-state index contributed by atoms with van der Waals surface area (Å²) in [5.41, 5.74) is -0.143. The Hall–Kier alpha value is -1.60. The minimum Gasteiger partial charge on any atom is -0.390 e. The Morgan fingerprint density at radius 1 is 1.61 bits per heavy atom. The summed E-state index contributed by atoms with van der Waals surface area (Å²) in [6.45, 7) is 5.59. The summed E-state index contributed by atoms with van der Waals surface area (Å²) < 4.78 is 0. The fourth-order valence-corrected chi connectivity index (χ4v) is 2.56. The summed E-state index contributed by atoms with van der Waals surface area (Å²) >= 11 is 0. The summed E-state index contributed by atoms with van der Waals surface area (Å²) in [5.74, 6) is 1.08. The van der Waals surface area contributed by atoms with Crippen LogP contribution in [0.3, 0.4) is 0 Å². The summed E-state index contributed by atoms with van der Waals surface area (Å²) in [5, 5.41) is 19.2. The minimum atomic E-state index is -0.585. The molecule has 1 aliphatic heterocycles. The molecule has 0 bridgehead atoms. The third-order valence-corrected chi connectivity index (χ3v) is 3.87. The first kappa shape index (κ1) is 12.8. The van der Waals surface area contributed by atoms with E-state index in [2.05, 4.69) is 22.9 Å². The Labute approximate surface area is 108 Å². The van der Waals surface area contributed by atoms with Crippen molar-refractivity contribution in [1.29, 1.82) is 5.26 Å². The van der Waals surface area contributed by atoms with Crippen molar-refractivity contribution < 1.29 is 5.11 Å². The second kappa shape index (κ2) is 4.95. The van der Waals surface area contributed by atoms with Gasteiger partial charge in [0.05, 0.1) is 5.60 Å². The van der Waals surface area contributed by atoms with E-state index < -0.39 is 5.60 Å². The molecule has 1 saturated heterocycles. The molecule has 2 atom stereocenters. The highest BCUT2D eigenvalue weighted by Crippen LogP contribution is 2.31. The van der Waals surface area contributed by atoms with Crippen molar-refractivity contribution in [2.24, 2.45) is 5.92 Å². The molecule has 0 radical (unpaired) electrons. The number of anilines is 1. The molecule has 1 aliphatic rings. The zero-order chi connectivity index (χ0) is 13.2. The Bertz CT molecular complexity index is 464. The third-order valence-electron chi connectivity index (χ3n) is 3.87. The van der Waals surface area contributed by atoms with Gasteiger partial charge in [-0.3, -0.25) is 0 Å². The Morgan fingerprint density at radius 2 is 2.39 bits per heavy atom. The molecule has 0 aromatic carbocycles. The van der Waals surface area contributed by atoms with E-state index >= 15 is 0 Å². The third kappa shape index (κ3) is 2.46. The molecule has 1 fully saturated rings. The molecule has 2 heterocycles. The molecular formula is C14H19N3O. The van der Waals surface area contributed by atoms with Crippen LogP contribution in [-0.4, -0.2) is 28.8 Å². The first-order valence-corrected chi connectivity index (χ1v) is 6.41. The van der Waals surface area contributed by atoms with Crippen LogP contribution in [0.25, 0.3) is 0 Å². The standard InChI is InChI=1S/C14H19N3O/c1-3-11-10-17(8-7-14(11,2)18)13-6-4-5-12(9-15)16-13/h4-6,11,18H,3,7-8,10H2,1-2H3/t11-,14+/m1/s1. The van der Waals surface area contributed by atoms with Gasteiger partial charge in [-0.2, -0.15) is 5.26 Å². The van der Waals surface area contributed by atoms with Crippen molar-refractivity contribution >= 4 is 5.82 Å². The number of aromatic nitrogens is 1. The van der Waals surface area contributed by atoms with E-state index in [4.69, 9.17) is 5.26 Å². The van der Waals surface area contributed by atoms with Crippen LogP contribution in [-0.2, 0) is 0 Å². The largest absolute Gasteiger partial charge is 0.390 e. The van der Waals surface area contributed by atoms with E-state index in [0.717, 1.165) is 31.7 Å². The average Bonchev–Trinajstić information content (AvgIpc) is 2.38. The Kier molecular flexibility index (Phi) is 3.53. The van der Waals surface area contributed by atoms with Crippen LogP contribution >= 0.6 is 0 Å². The maximum Gasteiger partial charge on any atom is 0.142 e. The highest BCUT2D eigenvalue weighted by Gasteiger charge is 2.36. The Balaban J connectivity index is 2.18. The van der Waals surface area contributed by atoms with E-state index in [1.165, 1.54) is 0 Å².